The highest BCUT2D eigenvalue weighted by atomic mass is 79.9. The average Bonchev–Trinajstić information content (AvgIpc) is 2.00. The van der Waals surface area contributed by atoms with Crippen molar-refractivity contribution in [3.8, 4) is 0 Å². The van der Waals surface area contributed by atoms with Crippen LogP contribution in [0.25, 0.3) is 0 Å². The van der Waals surface area contributed by atoms with Crippen molar-refractivity contribution in [2.75, 3.05) is 0 Å². The Morgan fingerprint density at radius 3 is 2.40 bits per heavy atom. The topological polar surface area (TPSA) is 47.0 Å². The molecule has 0 fully saturated rings. The van der Waals surface area contributed by atoms with Gasteiger partial charge in [0.25, 0.3) is 15.5 Å². The van der Waals surface area contributed by atoms with Crippen molar-refractivity contribution in [1.82, 2.24) is 4.98 Å². The SMILES string of the molecule is O=S(=O)(Cl)c1nc(C(F)F)c(Br)cc1Cl. The fourth-order valence-electron chi connectivity index (χ4n) is 0.787. The zero-order valence-corrected chi connectivity index (χ0v) is 10.6. The van der Waals surface area contributed by atoms with E-state index in [-0.39, 0.29) is 9.50 Å². The largest absolute Gasteiger partial charge is 0.281 e. The lowest BCUT2D eigenvalue weighted by Gasteiger charge is -2.05. The van der Waals surface area contributed by atoms with Crippen molar-refractivity contribution < 1.29 is 17.2 Å². The Kier molecular flexibility index (Phi) is 3.91. The van der Waals surface area contributed by atoms with Gasteiger partial charge in [-0.3, -0.25) is 0 Å². The van der Waals surface area contributed by atoms with Crippen LogP contribution >= 0.6 is 38.2 Å². The monoisotopic (exact) mass is 339 g/mol. The number of aromatic nitrogens is 1. The lowest BCUT2D eigenvalue weighted by molar-refractivity contribution is 0.144. The minimum atomic E-state index is -4.23. The molecule has 0 aliphatic heterocycles. The highest BCUT2D eigenvalue weighted by molar-refractivity contribution is 9.10. The van der Waals surface area contributed by atoms with Crippen molar-refractivity contribution in [1.29, 1.82) is 0 Å². The first kappa shape index (κ1) is 13.1. The van der Waals surface area contributed by atoms with Gasteiger partial charge in [0.15, 0.2) is 5.03 Å². The highest BCUT2D eigenvalue weighted by Crippen LogP contribution is 2.32. The number of alkyl halides is 2. The number of hydrogen-bond acceptors (Lipinski definition) is 3. The molecular formula is C6H2BrCl2F2NO2S. The number of pyridine rings is 1. The normalized spacial score (nSPS) is 12.1. The molecule has 0 amide bonds. The third-order valence-electron chi connectivity index (χ3n) is 1.36. The molecule has 1 aromatic rings. The van der Waals surface area contributed by atoms with E-state index in [1.54, 1.807) is 0 Å². The maximum atomic E-state index is 12.4. The molecule has 0 aliphatic carbocycles. The van der Waals surface area contributed by atoms with Gasteiger partial charge in [-0.1, -0.05) is 11.6 Å². The van der Waals surface area contributed by atoms with E-state index in [1.165, 1.54) is 0 Å². The standard InChI is InChI=1S/C6H2BrCl2F2NO2S/c7-2-1-3(8)6(15(9,13)14)12-4(2)5(10)11/h1,5H. The lowest BCUT2D eigenvalue weighted by atomic mass is 10.4. The molecule has 0 aromatic carbocycles. The van der Waals surface area contributed by atoms with Crippen molar-refractivity contribution in [2.24, 2.45) is 0 Å². The summed E-state index contributed by atoms with van der Waals surface area (Å²) in [6.45, 7) is 0. The minimum Gasteiger partial charge on any atom is -0.231 e. The second-order valence-corrected chi connectivity index (χ2v) is 6.12. The molecule has 0 bridgehead atoms. The molecule has 15 heavy (non-hydrogen) atoms. The van der Waals surface area contributed by atoms with Gasteiger partial charge < -0.3 is 0 Å². The molecule has 84 valence electrons. The third-order valence-corrected chi connectivity index (χ3v) is 3.61. The average molecular weight is 341 g/mol. The van der Waals surface area contributed by atoms with Gasteiger partial charge in [-0.15, -0.1) is 0 Å². The molecule has 0 saturated heterocycles. The number of rotatable bonds is 2. The maximum absolute atomic E-state index is 12.4. The molecule has 0 spiro atoms. The molecule has 0 radical (unpaired) electrons. The quantitative estimate of drug-likeness (QED) is 0.775. The Balaban J connectivity index is 3.50. The molecule has 0 unspecified atom stereocenters. The van der Waals surface area contributed by atoms with E-state index in [0.29, 0.717) is 0 Å². The molecule has 0 saturated carbocycles. The smallest absolute Gasteiger partial charge is 0.231 e. The van der Waals surface area contributed by atoms with Crippen molar-refractivity contribution >= 4 is 47.3 Å². The lowest BCUT2D eigenvalue weighted by Crippen LogP contribution is -2.01. The van der Waals surface area contributed by atoms with Crippen LogP contribution < -0.4 is 0 Å². The molecule has 1 heterocycles. The summed E-state index contributed by atoms with van der Waals surface area (Å²) in [5.41, 5.74) is -0.723. The van der Waals surface area contributed by atoms with Crippen LogP contribution in [-0.2, 0) is 9.05 Å². The number of hydrogen-bond donors (Lipinski definition) is 0. The molecule has 0 atom stereocenters. The molecular weight excluding hydrogens is 339 g/mol. The summed E-state index contributed by atoms with van der Waals surface area (Å²) in [6, 6.07) is 1.01. The molecule has 1 aromatic heterocycles. The van der Waals surface area contributed by atoms with Gasteiger partial charge in [0.1, 0.15) is 5.69 Å². The van der Waals surface area contributed by atoms with Gasteiger partial charge in [0, 0.05) is 15.2 Å². The summed E-state index contributed by atoms with van der Waals surface area (Å²) in [5, 5.41) is -1.09. The van der Waals surface area contributed by atoms with E-state index in [2.05, 4.69) is 20.9 Å². The second kappa shape index (κ2) is 4.48. The van der Waals surface area contributed by atoms with Crippen molar-refractivity contribution in [3.63, 3.8) is 0 Å². The molecule has 9 heteroatoms. The van der Waals surface area contributed by atoms with Crippen LogP contribution in [0.2, 0.25) is 5.02 Å². The van der Waals surface area contributed by atoms with Crippen LogP contribution in [-0.4, -0.2) is 13.4 Å². The van der Waals surface area contributed by atoms with Crippen LogP contribution in [0.1, 0.15) is 12.1 Å². The Morgan fingerprint density at radius 1 is 1.47 bits per heavy atom. The fraction of sp³-hybridized carbons (Fsp3) is 0.167. The number of halogens is 5. The van der Waals surface area contributed by atoms with Gasteiger partial charge in [0.05, 0.1) is 5.02 Å². The van der Waals surface area contributed by atoms with Crippen molar-refractivity contribution in [3.05, 3.63) is 21.3 Å². The Bertz CT molecular complexity index is 494. The summed E-state index contributed by atoms with van der Waals surface area (Å²) in [7, 11) is 0.727. The van der Waals surface area contributed by atoms with E-state index >= 15 is 0 Å². The van der Waals surface area contributed by atoms with E-state index in [4.69, 9.17) is 22.3 Å². The Morgan fingerprint density at radius 2 is 2.00 bits per heavy atom. The summed E-state index contributed by atoms with van der Waals surface area (Å²) in [4.78, 5) is 3.19. The van der Waals surface area contributed by atoms with E-state index in [0.717, 1.165) is 6.07 Å². The van der Waals surface area contributed by atoms with Gasteiger partial charge in [-0.05, 0) is 22.0 Å². The first-order chi connectivity index (χ1) is 6.73. The van der Waals surface area contributed by atoms with Gasteiger partial charge >= 0.3 is 0 Å². The van der Waals surface area contributed by atoms with Gasteiger partial charge in [0.2, 0.25) is 0 Å². The molecule has 0 N–H and O–H groups in total. The third kappa shape index (κ3) is 2.99. The predicted molar refractivity (Wildman–Crippen MR) is 54.9 cm³/mol. The van der Waals surface area contributed by atoms with Crippen LogP contribution in [0.5, 0.6) is 0 Å². The Hall–Kier alpha value is 0.0200. The summed E-state index contributed by atoms with van der Waals surface area (Å²) < 4.78 is 46.4. The van der Waals surface area contributed by atoms with Crippen LogP contribution in [0.15, 0.2) is 15.6 Å². The zero-order valence-electron chi connectivity index (χ0n) is 6.72. The molecule has 3 nitrogen and oxygen atoms in total. The summed E-state index contributed by atoms with van der Waals surface area (Å²) >= 11 is 8.27. The maximum Gasteiger partial charge on any atom is 0.281 e. The predicted octanol–water partition coefficient (Wildman–Crippen LogP) is 3.36. The van der Waals surface area contributed by atoms with Crippen LogP contribution in [0, 0.1) is 0 Å². The second-order valence-electron chi connectivity index (χ2n) is 2.38. The summed E-state index contributed by atoms with van der Waals surface area (Å²) in [5.74, 6) is 0. The molecule has 1 rings (SSSR count). The first-order valence-electron chi connectivity index (χ1n) is 3.32. The fourth-order valence-corrected chi connectivity index (χ4v) is 2.84. The van der Waals surface area contributed by atoms with Crippen LogP contribution in [0.3, 0.4) is 0 Å². The number of nitrogens with zero attached hydrogens (tertiary/aromatic N) is 1. The van der Waals surface area contributed by atoms with E-state index in [9.17, 15) is 17.2 Å². The van der Waals surface area contributed by atoms with E-state index in [1.807, 2.05) is 0 Å². The van der Waals surface area contributed by atoms with Crippen LogP contribution in [0.4, 0.5) is 8.78 Å². The van der Waals surface area contributed by atoms with Gasteiger partial charge in [-0.25, -0.2) is 22.2 Å². The van der Waals surface area contributed by atoms with Crippen molar-refractivity contribution in [2.45, 2.75) is 11.5 Å². The van der Waals surface area contributed by atoms with E-state index < -0.39 is 26.2 Å². The highest BCUT2D eigenvalue weighted by Gasteiger charge is 2.23. The molecule has 0 aliphatic rings. The first-order valence-corrected chi connectivity index (χ1v) is 6.80. The zero-order chi connectivity index (χ0) is 11.8. The Labute approximate surface area is 102 Å². The summed E-state index contributed by atoms with van der Waals surface area (Å²) in [6.07, 6.45) is -2.92. The minimum absolute atomic E-state index is 0.0773. The van der Waals surface area contributed by atoms with Gasteiger partial charge in [-0.2, -0.15) is 0 Å².